The van der Waals surface area contributed by atoms with E-state index in [1.54, 1.807) is 12.1 Å². The van der Waals surface area contributed by atoms with Crippen molar-refractivity contribution >= 4 is 17.5 Å². The van der Waals surface area contributed by atoms with Gasteiger partial charge in [0, 0.05) is 30.7 Å². The van der Waals surface area contributed by atoms with Crippen LogP contribution in [0.3, 0.4) is 0 Å². The number of likely N-dealkylation sites (tertiary alicyclic amines) is 1. The first kappa shape index (κ1) is 17.9. The van der Waals surface area contributed by atoms with Gasteiger partial charge in [0.05, 0.1) is 6.42 Å². The zero-order valence-electron chi connectivity index (χ0n) is 14.1. The predicted molar refractivity (Wildman–Crippen MR) is 98.0 cm³/mol. The summed E-state index contributed by atoms with van der Waals surface area (Å²) in [7, 11) is 0. The number of nitrogens with one attached hydrogen (secondary N) is 1. The minimum atomic E-state index is -0.280. The molecule has 0 spiro atoms. The fourth-order valence-electron chi connectivity index (χ4n) is 3.15. The van der Waals surface area contributed by atoms with Crippen LogP contribution in [-0.4, -0.2) is 29.9 Å². The molecule has 2 aromatic carbocycles. The number of amides is 1. The molecular formula is C20H22ClFN2O. The maximum absolute atomic E-state index is 12.9. The van der Waals surface area contributed by atoms with Gasteiger partial charge in [0.25, 0.3) is 0 Å². The number of nitrogens with zero attached hydrogens (tertiary/aromatic N) is 1. The molecule has 1 fully saturated rings. The van der Waals surface area contributed by atoms with Gasteiger partial charge in [-0.15, -0.1) is 0 Å². The average molecular weight is 361 g/mol. The molecule has 25 heavy (non-hydrogen) atoms. The average Bonchev–Trinajstić information content (AvgIpc) is 2.61. The van der Waals surface area contributed by atoms with E-state index in [9.17, 15) is 9.18 Å². The second-order valence-electron chi connectivity index (χ2n) is 6.55. The quantitative estimate of drug-likeness (QED) is 0.879. The van der Waals surface area contributed by atoms with E-state index in [2.05, 4.69) is 22.3 Å². The van der Waals surface area contributed by atoms with E-state index in [1.807, 2.05) is 12.1 Å². The van der Waals surface area contributed by atoms with E-state index >= 15 is 0 Å². The predicted octanol–water partition coefficient (Wildman–Crippen LogP) is 3.80. The minimum Gasteiger partial charge on any atom is -0.353 e. The Morgan fingerprint density at radius 2 is 1.64 bits per heavy atom. The fourth-order valence-corrected chi connectivity index (χ4v) is 3.28. The summed E-state index contributed by atoms with van der Waals surface area (Å²) in [5.41, 5.74) is 2.09. The van der Waals surface area contributed by atoms with Crippen LogP contribution in [0.15, 0.2) is 48.5 Å². The van der Waals surface area contributed by atoms with Gasteiger partial charge in [-0.2, -0.15) is 0 Å². The van der Waals surface area contributed by atoms with Crippen LogP contribution in [-0.2, 0) is 17.8 Å². The smallest absolute Gasteiger partial charge is 0.224 e. The van der Waals surface area contributed by atoms with Crippen LogP contribution >= 0.6 is 11.6 Å². The third-order valence-corrected chi connectivity index (χ3v) is 4.80. The molecule has 1 heterocycles. The highest BCUT2D eigenvalue weighted by molar-refractivity contribution is 6.30. The molecule has 0 unspecified atom stereocenters. The largest absolute Gasteiger partial charge is 0.353 e. The first-order valence-electron chi connectivity index (χ1n) is 8.59. The van der Waals surface area contributed by atoms with E-state index in [1.165, 1.54) is 17.7 Å². The molecule has 1 saturated heterocycles. The lowest BCUT2D eigenvalue weighted by atomic mass is 10.0. The zero-order chi connectivity index (χ0) is 17.6. The van der Waals surface area contributed by atoms with Crippen LogP contribution in [0.1, 0.15) is 24.0 Å². The first-order chi connectivity index (χ1) is 12.1. The van der Waals surface area contributed by atoms with Gasteiger partial charge in [-0.05, 0) is 48.2 Å². The van der Waals surface area contributed by atoms with E-state index in [4.69, 9.17) is 11.6 Å². The third kappa shape index (κ3) is 5.55. The van der Waals surface area contributed by atoms with Crippen molar-refractivity contribution in [3.8, 4) is 0 Å². The fraction of sp³-hybridized carbons (Fsp3) is 0.350. The van der Waals surface area contributed by atoms with Crippen molar-refractivity contribution in [1.82, 2.24) is 10.2 Å². The number of hydrogen-bond donors (Lipinski definition) is 1. The lowest BCUT2D eigenvalue weighted by Crippen LogP contribution is -2.44. The summed E-state index contributed by atoms with van der Waals surface area (Å²) in [6.07, 6.45) is 2.19. The molecule has 0 saturated carbocycles. The standard InChI is InChI=1S/C20H22ClFN2O/c21-17-5-1-16(2-6-17)14-24-11-9-19(10-12-24)23-20(25)13-15-3-7-18(22)8-4-15/h1-8,19H,9-14H2,(H,23,25). The number of benzene rings is 2. The van der Waals surface area contributed by atoms with Crippen molar-refractivity contribution in [2.24, 2.45) is 0 Å². The van der Waals surface area contributed by atoms with Crippen LogP contribution in [0.25, 0.3) is 0 Å². The minimum absolute atomic E-state index is 0.00256. The number of carbonyl (C=O) groups is 1. The highest BCUT2D eigenvalue weighted by atomic mass is 35.5. The van der Waals surface area contributed by atoms with Crippen LogP contribution in [0.5, 0.6) is 0 Å². The molecule has 0 atom stereocenters. The summed E-state index contributed by atoms with van der Waals surface area (Å²) in [5.74, 6) is -0.278. The van der Waals surface area contributed by atoms with Crippen LogP contribution in [0.4, 0.5) is 4.39 Å². The molecule has 132 valence electrons. The van der Waals surface area contributed by atoms with E-state index in [0.29, 0.717) is 6.42 Å². The van der Waals surface area contributed by atoms with Gasteiger partial charge in [0.2, 0.25) is 5.91 Å². The van der Waals surface area contributed by atoms with Crippen molar-refractivity contribution in [3.63, 3.8) is 0 Å². The van der Waals surface area contributed by atoms with Crippen molar-refractivity contribution in [1.29, 1.82) is 0 Å². The highest BCUT2D eigenvalue weighted by Gasteiger charge is 2.20. The Morgan fingerprint density at radius 3 is 2.28 bits per heavy atom. The molecule has 1 amide bonds. The molecule has 0 aromatic heterocycles. The summed E-state index contributed by atoms with van der Waals surface area (Å²) in [6, 6.07) is 14.2. The van der Waals surface area contributed by atoms with E-state index in [-0.39, 0.29) is 17.8 Å². The summed E-state index contributed by atoms with van der Waals surface area (Å²) in [6.45, 7) is 2.83. The normalized spacial score (nSPS) is 15.9. The van der Waals surface area contributed by atoms with Crippen molar-refractivity contribution in [2.45, 2.75) is 31.8 Å². The second-order valence-corrected chi connectivity index (χ2v) is 6.98. The molecule has 0 radical (unpaired) electrons. The molecule has 5 heteroatoms. The number of rotatable bonds is 5. The Hall–Kier alpha value is -1.91. The second kappa shape index (κ2) is 8.45. The number of halogens is 2. The van der Waals surface area contributed by atoms with E-state index in [0.717, 1.165) is 43.1 Å². The molecule has 0 bridgehead atoms. The van der Waals surface area contributed by atoms with Gasteiger partial charge in [-0.3, -0.25) is 9.69 Å². The topological polar surface area (TPSA) is 32.3 Å². The maximum Gasteiger partial charge on any atom is 0.224 e. The SMILES string of the molecule is O=C(Cc1ccc(F)cc1)NC1CCN(Cc2ccc(Cl)cc2)CC1. The number of hydrogen-bond acceptors (Lipinski definition) is 2. The van der Waals surface area contributed by atoms with Gasteiger partial charge < -0.3 is 5.32 Å². The molecule has 3 rings (SSSR count). The Kier molecular flexibility index (Phi) is 6.05. The lowest BCUT2D eigenvalue weighted by molar-refractivity contribution is -0.121. The third-order valence-electron chi connectivity index (χ3n) is 4.55. The lowest BCUT2D eigenvalue weighted by Gasteiger charge is -2.32. The van der Waals surface area contributed by atoms with Crippen molar-refractivity contribution in [3.05, 3.63) is 70.5 Å². The van der Waals surface area contributed by atoms with Gasteiger partial charge in [-0.1, -0.05) is 35.9 Å². The first-order valence-corrected chi connectivity index (χ1v) is 8.97. The molecule has 1 aliphatic rings. The molecule has 1 N–H and O–H groups in total. The van der Waals surface area contributed by atoms with Gasteiger partial charge in [0.15, 0.2) is 0 Å². The van der Waals surface area contributed by atoms with Crippen molar-refractivity contribution in [2.75, 3.05) is 13.1 Å². The molecule has 2 aromatic rings. The van der Waals surface area contributed by atoms with Crippen LogP contribution in [0, 0.1) is 5.82 Å². The Bertz CT molecular complexity index is 695. The summed E-state index contributed by atoms with van der Waals surface area (Å²) in [5, 5.41) is 3.85. The van der Waals surface area contributed by atoms with Gasteiger partial charge in [-0.25, -0.2) is 4.39 Å². The summed E-state index contributed by atoms with van der Waals surface area (Å²) < 4.78 is 12.9. The van der Waals surface area contributed by atoms with E-state index < -0.39 is 0 Å². The molecular weight excluding hydrogens is 339 g/mol. The highest BCUT2D eigenvalue weighted by Crippen LogP contribution is 2.16. The number of carbonyl (C=O) groups excluding carboxylic acids is 1. The van der Waals surface area contributed by atoms with Crippen LogP contribution < -0.4 is 5.32 Å². The summed E-state index contributed by atoms with van der Waals surface area (Å²) in [4.78, 5) is 14.5. The Morgan fingerprint density at radius 1 is 1.04 bits per heavy atom. The monoisotopic (exact) mass is 360 g/mol. The van der Waals surface area contributed by atoms with Crippen LogP contribution in [0.2, 0.25) is 5.02 Å². The van der Waals surface area contributed by atoms with Gasteiger partial charge in [0.1, 0.15) is 5.82 Å². The Balaban J connectivity index is 1.42. The molecule has 0 aliphatic carbocycles. The van der Waals surface area contributed by atoms with Gasteiger partial charge >= 0.3 is 0 Å². The maximum atomic E-state index is 12.9. The number of piperidine rings is 1. The molecule has 1 aliphatic heterocycles. The van der Waals surface area contributed by atoms with Crippen molar-refractivity contribution < 1.29 is 9.18 Å². The Labute approximate surface area is 152 Å². The molecule has 3 nitrogen and oxygen atoms in total. The zero-order valence-corrected chi connectivity index (χ0v) is 14.8. The summed E-state index contributed by atoms with van der Waals surface area (Å²) >= 11 is 5.92.